The number of pyridine rings is 1. The number of imide groups is 1. The van der Waals surface area contributed by atoms with Gasteiger partial charge in [-0.25, -0.2) is 0 Å². The van der Waals surface area contributed by atoms with Crippen molar-refractivity contribution in [1.82, 2.24) is 14.5 Å². The molecule has 0 saturated heterocycles. The molecule has 0 aliphatic carbocycles. The normalized spacial score (nSPS) is 17.3. The highest BCUT2D eigenvalue weighted by Crippen LogP contribution is 2.46. The number of nitrogens with one attached hydrogen (secondary N) is 1. The van der Waals surface area contributed by atoms with Gasteiger partial charge in [-0.15, -0.1) is 0 Å². The van der Waals surface area contributed by atoms with Gasteiger partial charge in [0.1, 0.15) is 0 Å². The summed E-state index contributed by atoms with van der Waals surface area (Å²) < 4.78 is 2.32. The summed E-state index contributed by atoms with van der Waals surface area (Å²) in [6.07, 6.45) is 5.08. The van der Waals surface area contributed by atoms with Gasteiger partial charge in [0, 0.05) is 53.9 Å². The van der Waals surface area contributed by atoms with Crippen LogP contribution in [0.2, 0.25) is 0 Å². The van der Waals surface area contributed by atoms with Gasteiger partial charge in [-0.2, -0.15) is 0 Å². The lowest BCUT2D eigenvalue weighted by atomic mass is 9.84. The second-order valence-electron chi connectivity index (χ2n) is 9.98. The molecule has 2 aliphatic rings. The van der Waals surface area contributed by atoms with E-state index in [0.717, 1.165) is 57.3 Å². The third-order valence-electron chi connectivity index (χ3n) is 7.23. The predicted molar refractivity (Wildman–Crippen MR) is 138 cm³/mol. The molecule has 6 nitrogen and oxygen atoms in total. The maximum atomic E-state index is 13.7. The van der Waals surface area contributed by atoms with Crippen LogP contribution < -0.4 is 5.32 Å². The Kier molecular flexibility index (Phi) is 4.99. The number of aromatic nitrogens is 2. The van der Waals surface area contributed by atoms with Crippen LogP contribution in [-0.2, 0) is 16.1 Å². The zero-order valence-electron chi connectivity index (χ0n) is 20.2. The van der Waals surface area contributed by atoms with Crippen molar-refractivity contribution < 1.29 is 9.59 Å². The van der Waals surface area contributed by atoms with Gasteiger partial charge in [-0.05, 0) is 53.8 Å². The maximum absolute atomic E-state index is 13.7. The van der Waals surface area contributed by atoms with E-state index in [0.29, 0.717) is 11.5 Å². The molecule has 2 aliphatic heterocycles. The first-order valence-electron chi connectivity index (χ1n) is 12.2. The average Bonchev–Trinajstić information content (AvgIpc) is 3.32. The van der Waals surface area contributed by atoms with Gasteiger partial charge in [-0.3, -0.25) is 19.5 Å². The number of anilines is 1. The molecule has 4 heterocycles. The molecule has 0 radical (unpaired) electrons. The Bertz CT molecular complexity index is 1550. The molecule has 6 rings (SSSR count). The van der Waals surface area contributed by atoms with Crippen LogP contribution in [0.3, 0.4) is 0 Å². The second-order valence-corrected chi connectivity index (χ2v) is 9.98. The Hall–Kier alpha value is -3.93. The van der Waals surface area contributed by atoms with Crippen molar-refractivity contribution in [2.45, 2.75) is 39.7 Å². The van der Waals surface area contributed by atoms with Crippen LogP contribution in [0.4, 0.5) is 5.69 Å². The Morgan fingerprint density at radius 2 is 2.03 bits per heavy atom. The van der Waals surface area contributed by atoms with Crippen molar-refractivity contribution in [1.29, 1.82) is 0 Å². The van der Waals surface area contributed by atoms with Crippen LogP contribution in [0.25, 0.3) is 21.8 Å². The van der Waals surface area contributed by atoms with E-state index in [-0.39, 0.29) is 24.3 Å². The Balaban J connectivity index is 1.61. The second kappa shape index (κ2) is 8.08. The quantitative estimate of drug-likeness (QED) is 0.437. The molecule has 2 aromatic carbocycles. The first kappa shape index (κ1) is 21.6. The number of carbonyl (C=O) groups excluding carboxylic acids is 2. The van der Waals surface area contributed by atoms with E-state index in [1.54, 1.807) is 6.20 Å². The summed E-state index contributed by atoms with van der Waals surface area (Å²) in [6, 6.07) is 16.5. The molecular formula is C29H28N4O2. The lowest BCUT2D eigenvalue weighted by Crippen LogP contribution is -2.33. The van der Waals surface area contributed by atoms with Crippen molar-refractivity contribution in [2.24, 2.45) is 5.92 Å². The van der Waals surface area contributed by atoms with E-state index >= 15 is 0 Å². The molecule has 35 heavy (non-hydrogen) atoms. The molecule has 4 aromatic rings. The zero-order valence-corrected chi connectivity index (χ0v) is 20.2. The molecule has 0 bridgehead atoms. The van der Waals surface area contributed by atoms with E-state index in [9.17, 15) is 9.59 Å². The van der Waals surface area contributed by atoms with Gasteiger partial charge < -0.3 is 9.88 Å². The van der Waals surface area contributed by atoms with Gasteiger partial charge in [0.25, 0.3) is 5.91 Å². The molecule has 1 atom stereocenters. The number of nitrogens with zero attached hydrogens (tertiary/aromatic N) is 3. The van der Waals surface area contributed by atoms with Crippen LogP contribution >= 0.6 is 0 Å². The third kappa shape index (κ3) is 3.43. The average molecular weight is 465 g/mol. The molecule has 2 aromatic heterocycles. The first-order valence-corrected chi connectivity index (χ1v) is 12.2. The largest absolute Gasteiger partial charge is 0.356 e. The predicted octanol–water partition coefficient (Wildman–Crippen LogP) is 5.44. The summed E-state index contributed by atoms with van der Waals surface area (Å²) in [7, 11) is 0. The Morgan fingerprint density at radius 3 is 2.83 bits per heavy atom. The van der Waals surface area contributed by atoms with Crippen LogP contribution in [0, 0.1) is 5.92 Å². The molecule has 0 fully saturated rings. The van der Waals surface area contributed by atoms with E-state index in [2.05, 4.69) is 65.2 Å². The molecule has 0 saturated carbocycles. The minimum atomic E-state index is -0.287. The molecule has 176 valence electrons. The van der Waals surface area contributed by atoms with Gasteiger partial charge in [0.15, 0.2) is 0 Å². The fourth-order valence-electron chi connectivity index (χ4n) is 5.48. The fourth-order valence-corrected chi connectivity index (χ4v) is 5.48. The van der Waals surface area contributed by atoms with E-state index in [4.69, 9.17) is 0 Å². The summed E-state index contributed by atoms with van der Waals surface area (Å²) >= 11 is 0. The summed E-state index contributed by atoms with van der Waals surface area (Å²) in [6.45, 7) is 7.10. The zero-order chi connectivity index (χ0) is 24.3. The number of benzene rings is 2. The van der Waals surface area contributed by atoms with Crippen molar-refractivity contribution in [3.05, 3.63) is 83.3 Å². The number of rotatable bonds is 4. The molecule has 1 unspecified atom stereocenters. The molecule has 2 amide bonds. The van der Waals surface area contributed by atoms with Gasteiger partial charge in [0.2, 0.25) is 5.91 Å². The van der Waals surface area contributed by atoms with E-state index in [1.807, 2.05) is 18.2 Å². The minimum Gasteiger partial charge on any atom is -0.356 e. The standard InChI is InChI=1S/C29H28N4O2/c1-17(2)11-13-32-15-21-26(20-9-10-22-19(14-20)6-5-12-30-22)28-24(16-33(18(3)34)29(28)35)31-23-7-4-8-25(32)27(21)23/h4-10,12,14-15,17,26,31H,11,13,16H2,1-3H3. The summed E-state index contributed by atoms with van der Waals surface area (Å²) in [5.41, 5.74) is 6.64. The van der Waals surface area contributed by atoms with Crippen LogP contribution in [0.5, 0.6) is 0 Å². The highest BCUT2D eigenvalue weighted by Gasteiger charge is 2.41. The highest BCUT2D eigenvalue weighted by atomic mass is 16.2. The van der Waals surface area contributed by atoms with Crippen LogP contribution in [0.1, 0.15) is 44.2 Å². The lowest BCUT2D eigenvalue weighted by Gasteiger charge is -2.20. The van der Waals surface area contributed by atoms with Crippen LogP contribution in [-0.4, -0.2) is 32.8 Å². The number of aryl methyl sites for hydroxylation is 1. The van der Waals surface area contributed by atoms with Crippen molar-refractivity contribution in [3.63, 3.8) is 0 Å². The van der Waals surface area contributed by atoms with Gasteiger partial charge >= 0.3 is 0 Å². The summed E-state index contributed by atoms with van der Waals surface area (Å²) in [4.78, 5) is 31.8. The number of hydrogen-bond donors (Lipinski definition) is 1. The van der Waals surface area contributed by atoms with Gasteiger partial charge in [-0.1, -0.05) is 32.0 Å². The van der Waals surface area contributed by atoms with Crippen LogP contribution in [0.15, 0.2) is 72.2 Å². The smallest absolute Gasteiger partial charge is 0.259 e. The third-order valence-corrected chi connectivity index (χ3v) is 7.23. The van der Waals surface area contributed by atoms with Crippen molar-refractivity contribution >= 4 is 39.3 Å². The lowest BCUT2D eigenvalue weighted by molar-refractivity contribution is -0.139. The SMILES string of the molecule is CC(=O)N1CC2=C(C1=O)C(c1ccc3ncccc3c1)c1cn(CCC(C)C)c3cccc(c13)N2. The fraction of sp³-hybridized carbons (Fsp3) is 0.276. The topological polar surface area (TPSA) is 67.2 Å². The summed E-state index contributed by atoms with van der Waals surface area (Å²) in [5.74, 6) is -0.152. The molecular weight excluding hydrogens is 436 g/mol. The number of carbonyl (C=O) groups is 2. The number of amides is 2. The summed E-state index contributed by atoms with van der Waals surface area (Å²) in [5, 5.41) is 5.73. The molecule has 0 spiro atoms. The molecule has 6 heteroatoms. The highest BCUT2D eigenvalue weighted by molar-refractivity contribution is 6.11. The van der Waals surface area contributed by atoms with E-state index in [1.165, 1.54) is 11.8 Å². The molecule has 1 N–H and O–H groups in total. The number of fused-ring (bicyclic) bond motifs is 1. The van der Waals surface area contributed by atoms with Crippen molar-refractivity contribution in [2.75, 3.05) is 11.9 Å². The maximum Gasteiger partial charge on any atom is 0.259 e. The Morgan fingerprint density at radius 1 is 1.17 bits per heavy atom. The first-order chi connectivity index (χ1) is 16.9. The monoisotopic (exact) mass is 464 g/mol. The number of hydrogen-bond acceptors (Lipinski definition) is 4. The van der Waals surface area contributed by atoms with E-state index < -0.39 is 0 Å². The van der Waals surface area contributed by atoms with Gasteiger partial charge in [0.05, 0.1) is 23.2 Å². The van der Waals surface area contributed by atoms with Crippen molar-refractivity contribution in [3.8, 4) is 0 Å². The Labute approximate surface area is 204 Å². The minimum absolute atomic E-state index is 0.216.